The van der Waals surface area contributed by atoms with Crippen molar-refractivity contribution in [2.75, 3.05) is 44.7 Å². The molecule has 0 spiro atoms. The van der Waals surface area contributed by atoms with E-state index in [9.17, 15) is 13.2 Å². The second-order valence-electron chi connectivity index (χ2n) is 5.55. The molecule has 0 radical (unpaired) electrons. The van der Waals surface area contributed by atoms with Crippen LogP contribution < -0.4 is 11.1 Å². The van der Waals surface area contributed by atoms with Gasteiger partial charge in [0.15, 0.2) is 9.84 Å². The number of nitrogens with two attached hydrogens (primary N) is 1. The summed E-state index contributed by atoms with van der Waals surface area (Å²) in [6.07, 6.45) is 3.40. The third-order valence-electron chi connectivity index (χ3n) is 3.89. The molecule has 0 aromatic heterocycles. The van der Waals surface area contributed by atoms with Gasteiger partial charge in [0.2, 0.25) is 5.91 Å². The lowest BCUT2D eigenvalue weighted by molar-refractivity contribution is -0.117. The number of carbonyl (C=O) groups excluding carboxylic acids is 1. The Balaban J connectivity index is 2.22. The highest BCUT2D eigenvalue weighted by molar-refractivity contribution is 7.91. The summed E-state index contributed by atoms with van der Waals surface area (Å²) in [4.78, 5) is 12.8. The molecule has 0 atom stereocenters. The number of hydrogen-bond donors (Lipinski definition) is 2. The summed E-state index contributed by atoms with van der Waals surface area (Å²) in [5.41, 5.74) is 4.97. The fraction of sp³-hybridized carbons (Fsp3) is 0.923. The van der Waals surface area contributed by atoms with Crippen LogP contribution in [-0.4, -0.2) is 64.0 Å². The molecule has 20 heavy (non-hydrogen) atoms. The molecule has 0 aromatic carbocycles. The second kappa shape index (κ2) is 8.59. The monoisotopic (exact) mass is 305 g/mol. The maximum atomic E-state index is 11.7. The van der Waals surface area contributed by atoms with Crippen molar-refractivity contribution in [1.82, 2.24) is 10.2 Å². The van der Waals surface area contributed by atoms with Gasteiger partial charge in [-0.05, 0) is 51.9 Å². The molecule has 0 saturated carbocycles. The van der Waals surface area contributed by atoms with E-state index < -0.39 is 15.7 Å². The summed E-state index contributed by atoms with van der Waals surface area (Å²) in [6.45, 7) is 3.56. The maximum Gasteiger partial charge on any atom is 0.218 e. The molecule has 1 heterocycles. The zero-order valence-electron chi connectivity index (χ0n) is 12.3. The van der Waals surface area contributed by atoms with Crippen LogP contribution in [0, 0.1) is 5.92 Å². The number of piperidine rings is 1. The molecule has 1 aliphatic rings. The minimum atomic E-state index is -3.16. The Morgan fingerprint density at radius 2 is 1.95 bits per heavy atom. The van der Waals surface area contributed by atoms with Crippen LogP contribution in [0.4, 0.5) is 0 Å². The zero-order valence-corrected chi connectivity index (χ0v) is 13.1. The largest absolute Gasteiger partial charge is 0.370 e. The van der Waals surface area contributed by atoms with E-state index in [1.807, 2.05) is 7.05 Å². The van der Waals surface area contributed by atoms with Crippen LogP contribution in [0.25, 0.3) is 0 Å². The third kappa shape index (κ3) is 7.21. The smallest absolute Gasteiger partial charge is 0.218 e. The number of carbonyl (C=O) groups is 1. The Morgan fingerprint density at radius 1 is 1.30 bits per heavy atom. The molecule has 1 rings (SSSR count). The number of primary amides is 1. The highest BCUT2D eigenvalue weighted by Gasteiger charge is 2.20. The van der Waals surface area contributed by atoms with Crippen molar-refractivity contribution in [3.63, 3.8) is 0 Å². The van der Waals surface area contributed by atoms with Gasteiger partial charge in [-0.2, -0.15) is 0 Å². The summed E-state index contributed by atoms with van der Waals surface area (Å²) in [5.74, 6) is 0.201. The highest BCUT2D eigenvalue weighted by Crippen LogP contribution is 2.19. The first kappa shape index (κ1) is 17.4. The van der Waals surface area contributed by atoms with Crippen LogP contribution in [0.15, 0.2) is 0 Å². The molecule has 0 aliphatic carbocycles. The molecule has 0 aromatic rings. The first-order valence-electron chi connectivity index (χ1n) is 7.28. The maximum absolute atomic E-state index is 11.7. The average molecular weight is 305 g/mol. The molecular formula is C13H27N3O3S. The fourth-order valence-electron chi connectivity index (χ4n) is 2.47. The predicted molar refractivity (Wildman–Crippen MR) is 80.2 cm³/mol. The van der Waals surface area contributed by atoms with E-state index in [-0.39, 0.29) is 17.9 Å². The number of rotatable bonds is 9. The van der Waals surface area contributed by atoms with Crippen LogP contribution in [0.3, 0.4) is 0 Å². The third-order valence-corrected chi connectivity index (χ3v) is 5.52. The van der Waals surface area contributed by atoms with Gasteiger partial charge in [0.05, 0.1) is 11.5 Å². The van der Waals surface area contributed by atoms with Gasteiger partial charge in [-0.25, -0.2) is 8.42 Å². The summed E-state index contributed by atoms with van der Waals surface area (Å²) < 4.78 is 23.5. The van der Waals surface area contributed by atoms with Gasteiger partial charge in [-0.15, -0.1) is 0 Å². The Hall–Kier alpha value is -0.660. The van der Waals surface area contributed by atoms with Crippen LogP contribution in [-0.2, 0) is 14.6 Å². The van der Waals surface area contributed by atoms with E-state index in [1.54, 1.807) is 0 Å². The van der Waals surface area contributed by atoms with Crippen LogP contribution in [0.1, 0.15) is 25.7 Å². The number of nitrogens with zero attached hydrogens (tertiary/aromatic N) is 1. The van der Waals surface area contributed by atoms with Gasteiger partial charge < -0.3 is 16.0 Å². The van der Waals surface area contributed by atoms with Crippen molar-refractivity contribution in [3.05, 3.63) is 0 Å². The molecule has 118 valence electrons. The molecule has 6 nitrogen and oxygen atoms in total. The van der Waals surface area contributed by atoms with Crippen LogP contribution in [0.5, 0.6) is 0 Å². The minimum absolute atomic E-state index is 0.0750. The number of nitrogens with one attached hydrogen (secondary N) is 1. The predicted octanol–water partition coefficient (Wildman–Crippen LogP) is -0.402. The number of hydrogen-bond acceptors (Lipinski definition) is 5. The van der Waals surface area contributed by atoms with E-state index >= 15 is 0 Å². The van der Waals surface area contributed by atoms with Crippen LogP contribution in [0.2, 0.25) is 0 Å². The molecule has 7 heteroatoms. The summed E-state index contributed by atoms with van der Waals surface area (Å²) in [5, 5.41) is 3.16. The van der Waals surface area contributed by atoms with Gasteiger partial charge in [0.25, 0.3) is 0 Å². The van der Waals surface area contributed by atoms with Crippen molar-refractivity contribution in [2.24, 2.45) is 11.7 Å². The van der Waals surface area contributed by atoms with E-state index in [0.29, 0.717) is 6.54 Å². The summed E-state index contributed by atoms with van der Waals surface area (Å²) in [6, 6.07) is 0. The molecule has 0 unspecified atom stereocenters. The topological polar surface area (TPSA) is 92.5 Å². The molecule has 0 bridgehead atoms. The molecule has 1 saturated heterocycles. The lowest BCUT2D eigenvalue weighted by Crippen LogP contribution is -2.37. The quantitative estimate of drug-likeness (QED) is 0.604. The first-order chi connectivity index (χ1) is 9.43. The molecule has 1 aliphatic heterocycles. The first-order valence-corrected chi connectivity index (χ1v) is 9.11. The second-order valence-corrected chi connectivity index (χ2v) is 7.85. The van der Waals surface area contributed by atoms with E-state index in [4.69, 9.17) is 5.73 Å². The lowest BCUT2D eigenvalue weighted by atomic mass is 9.94. The normalized spacial score (nSPS) is 18.2. The van der Waals surface area contributed by atoms with Gasteiger partial charge in [-0.1, -0.05) is 0 Å². The standard InChI is InChI=1S/C13H27N3O3S/c1-15-6-2-12-3-7-16(8-4-12)9-11-20(18,19)10-5-13(14)17/h12,15H,2-11H2,1H3,(H2,14,17). The van der Waals surface area contributed by atoms with Crippen molar-refractivity contribution in [3.8, 4) is 0 Å². The summed E-state index contributed by atoms with van der Waals surface area (Å²) in [7, 11) is -1.19. The van der Waals surface area contributed by atoms with Crippen LogP contribution >= 0.6 is 0 Å². The molecular weight excluding hydrogens is 278 g/mol. The fourth-order valence-corrected chi connectivity index (χ4v) is 3.73. The Kier molecular flexibility index (Phi) is 7.47. The number of sulfone groups is 1. The SMILES string of the molecule is CNCCC1CCN(CCS(=O)(=O)CCC(N)=O)CC1. The van der Waals surface area contributed by atoms with Crippen molar-refractivity contribution < 1.29 is 13.2 Å². The summed E-state index contributed by atoms with van der Waals surface area (Å²) >= 11 is 0. The minimum Gasteiger partial charge on any atom is -0.370 e. The zero-order chi connectivity index (χ0) is 15.0. The highest BCUT2D eigenvalue weighted by atomic mass is 32.2. The molecule has 1 amide bonds. The van der Waals surface area contributed by atoms with E-state index in [2.05, 4.69) is 10.2 Å². The number of likely N-dealkylation sites (tertiary alicyclic amines) is 1. The van der Waals surface area contributed by atoms with Gasteiger partial charge in [-0.3, -0.25) is 4.79 Å². The van der Waals surface area contributed by atoms with Gasteiger partial charge in [0.1, 0.15) is 0 Å². The van der Waals surface area contributed by atoms with E-state index in [0.717, 1.165) is 38.4 Å². The number of amides is 1. The Bertz CT molecular complexity index is 390. The molecule has 1 fully saturated rings. The van der Waals surface area contributed by atoms with E-state index in [1.165, 1.54) is 6.42 Å². The van der Waals surface area contributed by atoms with Gasteiger partial charge >= 0.3 is 0 Å². The van der Waals surface area contributed by atoms with Gasteiger partial charge in [0, 0.05) is 13.0 Å². The molecule has 3 N–H and O–H groups in total. The van der Waals surface area contributed by atoms with Crippen molar-refractivity contribution >= 4 is 15.7 Å². The van der Waals surface area contributed by atoms with Crippen molar-refractivity contribution in [1.29, 1.82) is 0 Å². The average Bonchev–Trinajstić information content (AvgIpc) is 2.42. The Labute approximate surface area is 122 Å². The Morgan fingerprint density at radius 3 is 2.50 bits per heavy atom. The van der Waals surface area contributed by atoms with Crippen molar-refractivity contribution in [2.45, 2.75) is 25.7 Å². The lowest BCUT2D eigenvalue weighted by Gasteiger charge is -2.31.